The van der Waals surface area contributed by atoms with Crippen LogP contribution in [0.15, 0.2) is 54.6 Å². The van der Waals surface area contributed by atoms with E-state index in [1.165, 1.54) is 43.7 Å². The number of fused-ring (bicyclic) bond motifs is 2. The number of H-pyrrole nitrogens is 1. The van der Waals surface area contributed by atoms with Gasteiger partial charge in [-0.2, -0.15) is 0 Å². The number of anilines is 3. The van der Waals surface area contributed by atoms with E-state index >= 15 is 0 Å². The van der Waals surface area contributed by atoms with Crippen molar-refractivity contribution in [1.29, 1.82) is 0 Å². The minimum absolute atomic E-state index is 0.0626. The number of aromatic amines is 1. The molecule has 0 aliphatic carbocycles. The molecule has 3 aromatic carbocycles. The van der Waals surface area contributed by atoms with Crippen LogP contribution in [0.5, 0.6) is 11.5 Å². The Morgan fingerprint density at radius 3 is 2.52 bits per heavy atom. The number of rotatable bonds is 12. The molecule has 210 valence electrons. The summed E-state index contributed by atoms with van der Waals surface area (Å²) < 4.78 is 25.4. The van der Waals surface area contributed by atoms with E-state index in [0.717, 1.165) is 28.7 Å². The largest absolute Gasteiger partial charge is 0.454 e. The van der Waals surface area contributed by atoms with Crippen molar-refractivity contribution in [3.8, 4) is 11.5 Å². The van der Waals surface area contributed by atoms with Gasteiger partial charge in [-0.1, -0.05) is 58.6 Å². The maximum absolute atomic E-state index is 14.6. The Morgan fingerprint density at radius 2 is 1.77 bits per heavy atom. The van der Waals surface area contributed by atoms with Gasteiger partial charge in [-0.15, -0.1) is 0 Å². The molecule has 6 nitrogen and oxygen atoms in total. The molecule has 0 bridgehead atoms. The molecule has 1 unspecified atom stereocenters. The van der Waals surface area contributed by atoms with E-state index in [4.69, 9.17) is 9.47 Å². The predicted octanol–water partition coefficient (Wildman–Crippen LogP) is 9.06. The highest BCUT2D eigenvalue weighted by Gasteiger charge is 2.22. The van der Waals surface area contributed by atoms with Gasteiger partial charge < -0.3 is 25.1 Å². The lowest BCUT2D eigenvalue weighted by Gasteiger charge is -2.17. The van der Waals surface area contributed by atoms with E-state index in [2.05, 4.69) is 41.6 Å². The smallest absolute Gasteiger partial charge is 0.255 e. The Morgan fingerprint density at radius 1 is 0.950 bits per heavy atom. The number of aryl methyl sites for hydroxylation is 1. The van der Waals surface area contributed by atoms with Gasteiger partial charge in [0.05, 0.1) is 5.69 Å². The Balaban J connectivity index is 1.34. The van der Waals surface area contributed by atoms with Crippen molar-refractivity contribution < 1.29 is 18.7 Å². The van der Waals surface area contributed by atoms with Crippen LogP contribution in [0.2, 0.25) is 0 Å². The monoisotopic (exact) mass is 543 g/mol. The van der Waals surface area contributed by atoms with E-state index in [9.17, 15) is 9.18 Å². The fourth-order valence-electron chi connectivity index (χ4n) is 5.51. The highest BCUT2D eigenvalue weighted by atomic mass is 19.1. The maximum Gasteiger partial charge on any atom is 0.255 e. The number of hydrogen-bond acceptors (Lipinski definition) is 4. The number of halogens is 1. The first-order chi connectivity index (χ1) is 19.5. The highest BCUT2D eigenvalue weighted by molar-refractivity contribution is 6.10. The molecule has 5 rings (SSSR count). The number of hydrogen-bond donors (Lipinski definition) is 3. The number of amides is 1. The zero-order chi connectivity index (χ0) is 28.1. The molecule has 1 aliphatic heterocycles. The first kappa shape index (κ1) is 27.6. The van der Waals surface area contributed by atoms with E-state index in [0.29, 0.717) is 35.1 Å². The Labute approximate surface area is 235 Å². The van der Waals surface area contributed by atoms with Crippen molar-refractivity contribution in [2.45, 2.75) is 71.6 Å². The maximum atomic E-state index is 14.6. The summed E-state index contributed by atoms with van der Waals surface area (Å²) in [5.74, 6) is 0.851. The Kier molecular flexibility index (Phi) is 8.58. The average Bonchev–Trinajstić information content (AvgIpc) is 3.59. The molecule has 1 atom stereocenters. The van der Waals surface area contributed by atoms with Crippen LogP contribution in [0.25, 0.3) is 10.9 Å². The molecular weight excluding hydrogens is 505 g/mol. The summed E-state index contributed by atoms with van der Waals surface area (Å²) in [5.41, 5.74) is 5.41. The highest BCUT2D eigenvalue weighted by Crippen LogP contribution is 2.42. The Bertz CT molecular complexity index is 1480. The lowest BCUT2D eigenvalue weighted by molar-refractivity contribution is 0.102. The number of aromatic nitrogens is 1. The van der Waals surface area contributed by atoms with Gasteiger partial charge in [0.1, 0.15) is 5.69 Å². The number of unbranched alkanes of at least 4 members (excludes halogenated alkanes) is 2. The van der Waals surface area contributed by atoms with Crippen molar-refractivity contribution in [1.82, 2.24) is 4.98 Å². The minimum Gasteiger partial charge on any atom is -0.454 e. The zero-order valence-electron chi connectivity index (χ0n) is 23.5. The molecule has 0 saturated heterocycles. The normalized spacial score (nSPS) is 13.0. The van der Waals surface area contributed by atoms with Crippen LogP contribution in [0.1, 0.15) is 86.8 Å². The van der Waals surface area contributed by atoms with Gasteiger partial charge in [-0.3, -0.25) is 4.79 Å². The summed E-state index contributed by atoms with van der Waals surface area (Å²) in [4.78, 5) is 16.7. The van der Waals surface area contributed by atoms with Crippen LogP contribution in [0.3, 0.4) is 0 Å². The zero-order valence-corrected chi connectivity index (χ0v) is 23.5. The van der Waals surface area contributed by atoms with Crippen molar-refractivity contribution in [3.63, 3.8) is 0 Å². The lowest BCUT2D eigenvalue weighted by atomic mass is 9.89. The molecule has 3 N–H and O–H groups in total. The van der Waals surface area contributed by atoms with Crippen LogP contribution in [-0.2, 0) is 6.42 Å². The number of carbonyl (C=O) groups excluding carboxylic acids is 1. The summed E-state index contributed by atoms with van der Waals surface area (Å²) in [6.45, 7) is 6.57. The average molecular weight is 544 g/mol. The van der Waals surface area contributed by atoms with Gasteiger partial charge in [0.2, 0.25) is 6.79 Å². The third kappa shape index (κ3) is 5.79. The number of nitrogens with one attached hydrogen (secondary N) is 3. The number of ether oxygens (including phenoxy) is 2. The fourth-order valence-corrected chi connectivity index (χ4v) is 5.51. The summed E-state index contributed by atoms with van der Waals surface area (Å²) in [5, 5.41) is 7.16. The molecule has 7 heteroatoms. The van der Waals surface area contributed by atoms with E-state index < -0.39 is 5.82 Å². The van der Waals surface area contributed by atoms with E-state index in [-0.39, 0.29) is 18.4 Å². The second-order valence-electron chi connectivity index (χ2n) is 10.4. The Hall–Kier alpha value is -4.00. The first-order valence-electron chi connectivity index (χ1n) is 14.4. The van der Waals surface area contributed by atoms with Gasteiger partial charge >= 0.3 is 0 Å². The standard InChI is InChI=1S/C33H38FN3O3/c1-4-7-8-10-21(9-5-2)22-11-13-23(14-12-22)33(38)37-30-25-16-15-24(19-28(25)36-27(30)6-3)35-31-26(34)17-18-29-32(31)40-20-39-29/h11-19,21,35-36H,4-10,20H2,1-3H3,(H,37,38). The van der Waals surface area contributed by atoms with Crippen LogP contribution in [0, 0.1) is 5.82 Å². The fraction of sp³-hybridized carbons (Fsp3) is 0.364. The second kappa shape index (κ2) is 12.5. The molecule has 4 aromatic rings. The van der Waals surface area contributed by atoms with Gasteiger partial charge in [0.15, 0.2) is 17.3 Å². The van der Waals surface area contributed by atoms with E-state index in [1.807, 2.05) is 37.3 Å². The van der Waals surface area contributed by atoms with Crippen molar-refractivity contribution in [3.05, 3.63) is 77.2 Å². The molecule has 40 heavy (non-hydrogen) atoms. The molecule has 2 heterocycles. The van der Waals surface area contributed by atoms with E-state index in [1.54, 1.807) is 6.07 Å². The predicted molar refractivity (Wildman–Crippen MR) is 160 cm³/mol. The lowest BCUT2D eigenvalue weighted by Crippen LogP contribution is -2.13. The third-order valence-corrected chi connectivity index (χ3v) is 7.66. The molecule has 1 amide bonds. The second-order valence-corrected chi connectivity index (χ2v) is 10.4. The van der Waals surface area contributed by atoms with Gasteiger partial charge in [-0.05, 0) is 73.2 Å². The van der Waals surface area contributed by atoms with Gasteiger partial charge in [0, 0.05) is 27.8 Å². The molecule has 1 aromatic heterocycles. The third-order valence-electron chi connectivity index (χ3n) is 7.66. The van der Waals surface area contributed by atoms with Crippen molar-refractivity contribution in [2.24, 2.45) is 0 Å². The van der Waals surface area contributed by atoms with Gasteiger partial charge in [0.25, 0.3) is 5.91 Å². The minimum atomic E-state index is -0.425. The molecular formula is C33H38FN3O3. The van der Waals surface area contributed by atoms with Crippen LogP contribution >= 0.6 is 0 Å². The summed E-state index contributed by atoms with van der Waals surface area (Å²) in [6.07, 6.45) is 7.96. The molecule has 0 fully saturated rings. The van der Waals surface area contributed by atoms with Crippen molar-refractivity contribution >= 4 is 33.9 Å². The molecule has 0 radical (unpaired) electrons. The summed E-state index contributed by atoms with van der Waals surface area (Å²) in [6, 6.07) is 16.7. The summed E-state index contributed by atoms with van der Waals surface area (Å²) >= 11 is 0. The molecule has 0 saturated carbocycles. The first-order valence-corrected chi connectivity index (χ1v) is 14.4. The van der Waals surface area contributed by atoms with Crippen LogP contribution in [0.4, 0.5) is 21.5 Å². The number of benzene rings is 3. The number of carbonyl (C=O) groups is 1. The van der Waals surface area contributed by atoms with Gasteiger partial charge in [-0.25, -0.2) is 4.39 Å². The quantitative estimate of drug-likeness (QED) is 0.156. The summed E-state index contributed by atoms with van der Waals surface area (Å²) in [7, 11) is 0. The molecule has 0 spiro atoms. The molecule has 1 aliphatic rings. The van der Waals surface area contributed by atoms with Crippen LogP contribution in [-0.4, -0.2) is 17.7 Å². The van der Waals surface area contributed by atoms with Crippen molar-refractivity contribution in [2.75, 3.05) is 17.4 Å². The SMILES string of the molecule is CCCCCC(CCC)c1ccc(C(=O)Nc2c(CC)[nH]c3cc(Nc4c(F)ccc5c4OCO5)ccc23)cc1. The van der Waals surface area contributed by atoms with Crippen LogP contribution < -0.4 is 20.1 Å². The topological polar surface area (TPSA) is 75.4 Å².